The number of halogens is 1. The summed E-state index contributed by atoms with van der Waals surface area (Å²) in [5.74, 6) is -0.139. The molecule has 1 N–H and O–H groups in total. The van der Waals surface area contributed by atoms with E-state index in [-0.39, 0.29) is 5.91 Å². The molecule has 0 unspecified atom stereocenters. The van der Waals surface area contributed by atoms with E-state index in [9.17, 15) is 4.79 Å². The van der Waals surface area contributed by atoms with Crippen LogP contribution in [0.5, 0.6) is 0 Å². The summed E-state index contributed by atoms with van der Waals surface area (Å²) in [6, 6.07) is 0. The molecule has 9 heavy (non-hydrogen) atoms. The van der Waals surface area contributed by atoms with E-state index in [4.69, 9.17) is 11.6 Å². The van der Waals surface area contributed by atoms with Crippen LogP contribution >= 0.6 is 11.6 Å². The Kier molecular flexibility index (Phi) is 1.58. The SMILES string of the molecule is C=C1CC(Cl)=CNC1=O. The molecule has 48 valence electrons. The third-order valence-electron chi connectivity index (χ3n) is 1.06. The second-order valence-electron chi connectivity index (χ2n) is 1.84. The first kappa shape index (κ1) is 6.36. The van der Waals surface area contributed by atoms with Crippen LogP contribution in [0.1, 0.15) is 6.42 Å². The van der Waals surface area contributed by atoms with Gasteiger partial charge >= 0.3 is 0 Å². The quantitative estimate of drug-likeness (QED) is 0.507. The molecule has 0 aliphatic carbocycles. The minimum Gasteiger partial charge on any atom is -0.328 e. The molecule has 2 nitrogen and oxygen atoms in total. The average Bonchev–Trinajstić information content (AvgIpc) is 1.80. The molecule has 0 radical (unpaired) electrons. The van der Waals surface area contributed by atoms with E-state index in [1.807, 2.05) is 0 Å². The Balaban J connectivity index is 2.77. The summed E-state index contributed by atoms with van der Waals surface area (Å²) < 4.78 is 0. The molecule has 0 aromatic carbocycles. The predicted octanol–water partition coefficient (Wildman–Crippen LogP) is 1.14. The van der Waals surface area contributed by atoms with Gasteiger partial charge in [-0.2, -0.15) is 0 Å². The van der Waals surface area contributed by atoms with Gasteiger partial charge in [0.1, 0.15) is 0 Å². The minimum absolute atomic E-state index is 0.139. The molecule has 3 heteroatoms. The van der Waals surface area contributed by atoms with Crippen LogP contribution < -0.4 is 5.32 Å². The summed E-state index contributed by atoms with van der Waals surface area (Å²) in [6.45, 7) is 3.51. The van der Waals surface area contributed by atoms with Crippen LogP contribution in [0.15, 0.2) is 23.4 Å². The number of carbonyl (C=O) groups is 1. The first-order valence-corrected chi connectivity index (χ1v) is 2.91. The summed E-state index contributed by atoms with van der Waals surface area (Å²) in [6.07, 6.45) is 1.96. The fraction of sp³-hybridized carbons (Fsp3) is 0.167. The van der Waals surface area contributed by atoms with Crippen molar-refractivity contribution in [3.8, 4) is 0 Å². The minimum atomic E-state index is -0.139. The fourth-order valence-electron chi connectivity index (χ4n) is 0.581. The smallest absolute Gasteiger partial charge is 0.250 e. The third-order valence-corrected chi connectivity index (χ3v) is 1.31. The van der Waals surface area contributed by atoms with Crippen LogP contribution in [0, 0.1) is 0 Å². The number of hydrogen-bond donors (Lipinski definition) is 1. The maximum atomic E-state index is 10.6. The highest BCUT2D eigenvalue weighted by Gasteiger charge is 2.11. The summed E-state index contributed by atoms with van der Waals surface area (Å²) >= 11 is 5.56. The van der Waals surface area contributed by atoms with Crippen molar-refractivity contribution in [2.24, 2.45) is 0 Å². The van der Waals surface area contributed by atoms with Crippen molar-refractivity contribution < 1.29 is 4.79 Å². The largest absolute Gasteiger partial charge is 0.328 e. The van der Waals surface area contributed by atoms with Crippen molar-refractivity contribution in [2.45, 2.75) is 6.42 Å². The molecular formula is C6H6ClNO. The molecule has 1 aliphatic heterocycles. The number of hydrogen-bond acceptors (Lipinski definition) is 1. The maximum absolute atomic E-state index is 10.6. The van der Waals surface area contributed by atoms with Crippen LogP contribution in [0.2, 0.25) is 0 Å². The normalized spacial score (nSPS) is 19.0. The second-order valence-corrected chi connectivity index (χ2v) is 2.33. The number of nitrogens with one attached hydrogen (secondary N) is 1. The zero-order valence-electron chi connectivity index (χ0n) is 4.78. The molecule has 0 saturated heterocycles. The third kappa shape index (κ3) is 1.33. The molecule has 1 aliphatic rings. The van der Waals surface area contributed by atoms with Gasteiger partial charge in [-0.05, 0) is 0 Å². The van der Waals surface area contributed by atoms with Crippen molar-refractivity contribution in [2.75, 3.05) is 0 Å². The summed E-state index contributed by atoms with van der Waals surface area (Å²) in [5.41, 5.74) is 0.516. The van der Waals surface area contributed by atoms with Crippen LogP contribution in [-0.2, 0) is 4.79 Å². The number of carbonyl (C=O) groups excluding carboxylic acids is 1. The highest BCUT2D eigenvalue weighted by Crippen LogP contribution is 2.15. The second kappa shape index (κ2) is 2.23. The van der Waals surface area contributed by atoms with Crippen molar-refractivity contribution in [1.29, 1.82) is 0 Å². The average molecular weight is 144 g/mol. The Morgan fingerprint density at radius 1 is 1.78 bits per heavy atom. The van der Waals surface area contributed by atoms with Crippen LogP contribution in [0.25, 0.3) is 0 Å². The monoisotopic (exact) mass is 143 g/mol. The van der Waals surface area contributed by atoms with Gasteiger partial charge in [-0.3, -0.25) is 4.79 Å². The highest BCUT2D eigenvalue weighted by atomic mass is 35.5. The van der Waals surface area contributed by atoms with Gasteiger partial charge in [0.25, 0.3) is 5.91 Å². The van der Waals surface area contributed by atoms with Gasteiger partial charge < -0.3 is 5.32 Å². The van der Waals surface area contributed by atoms with Gasteiger partial charge in [0.2, 0.25) is 0 Å². The highest BCUT2D eigenvalue weighted by molar-refractivity contribution is 6.30. The van der Waals surface area contributed by atoms with Gasteiger partial charge in [-0.15, -0.1) is 0 Å². The molecule has 1 amide bonds. The van der Waals surface area contributed by atoms with Crippen LogP contribution in [-0.4, -0.2) is 5.91 Å². The van der Waals surface area contributed by atoms with Crippen LogP contribution in [0.4, 0.5) is 0 Å². The van der Waals surface area contributed by atoms with Crippen molar-refractivity contribution in [3.05, 3.63) is 23.4 Å². The Labute approximate surface area is 58.2 Å². The zero-order valence-corrected chi connectivity index (χ0v) is 5.53. The molecule has 0 spiro atoms. The van der Waals surface area contributed by atoms with Crippen molar-refractivity contribution in [1.82, 2.24) is 5.32 Å². The van der Waals surface area contributed by atoms with Gasteiger partial charge in [0, 0.05) is 23.2 Å². The molecule has 0 atom stereocenters. The lowest BCUT2D eigenvalue weighted by atomic mass is 10.1. The summed E-state index contributed by atoms with van der Waals surface area (Å²) in [4.78, 5) is 10.6. The topological polar surface area (TPSA) is 29.1 Å². The van der Waals surface area contributed by atoms with E-state index < -0.39 is 0 Å². The molecule has 0 fully saturated rings. The Hall–Kier alpha value is -0.760. The molecule has 1 heterocycles. The number of allylic oxidation sites excluding steroid dienone is 1. The lowest BCUT2D eigenvalue weighted by Gasteiger charge is -2.09. The van der Waals surface area contributed by atoms with E-state index in [2.05, 4.69) is 11.9 Å². The first-order valence-electron chi connectivity index (χ1n) is 2.53. The maximum Gasteiger partial charge on any atom is 0.250 e. The zero-order chi connectivity index (χ0) is 6.85. The van der Waals surface area contributed by atoms with Crippen LogP contribution in [0.3, 0.4) is 0 Å². The Bertz CT molecular complexity index is 195. The summed E-state index contributed by atoms with van der Waals surface area (Å²) in [7, 11) is 0. The van der Waals surface area contributed by atoms with E-state index in [0.717, 1.165) is 0 Å². The number of rotatable bonds is 0. The molecule has 0 bridgehead atoms. The molecule has 0 saturated carbocycles. The molecule has 0 aromatic heterocycles. The first-order chi connectivity index (χ1) is 4.20. The summed E-state index contributed by atoms with van der Waals surface area (Å²) in [5, 5.41) is 3.07. The van der Waals surface area contributed by atoms with E-state index in [0.29, 0.717) is 17.0 Å². The standard InChI is InChI=1S/C6H6ClNO/c1-4-2-5(7)3-8-6(4)9/h3H,1-2H2,(H,8,9). The van der Waals surface area contributed by atoms with Gasteiger partial charge in [-0.1, -0.05) is 18.2 Å². The van der Waals surface area contributed by atoms with Gasteiger partial charge in [0.15, 0.2) is 0 Å². The van der Waals surface area contributed by atoms with E-state index >= 15 is 0 Å². The van der Waals surface area contributed by atoms with Gasteiger partial charge in [0.05, 0.1) is 0 Å². The van der Waals surface area contributed by atoms with Gasteiger partial charge in [-0.25, -0.2) is 0 Å². The Morgan fingerprint density at radius 2 is 2.44 bits per heavy atom. The fourth-order valence-corrected chi connectivity index (χ4v) is 0.797. The van der Waals surface area contributed by atoms with Crippen molar-refractivity contribution >= 4 is 17.5 Å². The molecular weight excluding hydrogens is 138 g/mol. The lowest BCUT2D eigenvalue weighted by Crippen LogP contribution is -2.22. The molecule has 0 aromatic rings. The number of amides is 1. The van der Waals surface area contributed by atoms with E-state index in [1.54, 1.807) is 0 Å². The lowest BCUT2D eigenvalue weighted by molar-refractivity contribution is -0.116. The molecule has 1 rings (SSSR count). The predicted molar refractivity (Wildman–Crippen MR) is 35.8 cm³/mol. The van der Waals surface area contributed by atoms with Crippen molar-refractivity contribution in [3.63, 3.8) is 0 Å². The Morgan fingerprint density at radius 3 is 2.89 bits per heavy atom. The van der Waals surface area contributed by atoms with E-state index in [1.165, 1.54) is 6.20 Å².